The predicted octanol–water partition coefficient (Wildman–Crippen LogP) is 1.76. The van der Waals surface area contributed by atoms with Crippen LogP contribution >= 0.6 is 24.0 Å². The van der Waals surface area contributed by atoms with E-state index < -0.39 is 0 Å². The minimum Gasteiger partial charge on any atom is -0.357 e. The molecule has 0 saturated heterocycles. The van der Waals surface area contributed by atoms with Gasteiger partial charge < -0.3 is 20.4 Å². The molecule has 0 unspecified atom stereocenters. The molecule has 6 nitrogen and oxygen atoms in total. The van der Waals surface area contributed by atoms with Crippen molar-refractivity contribution in [3.8, 4) is 0 Å². The maximum absolute atomic E-state index is 12.6. The van der Waals surface area contributed by atoms with Gasteiger partial charge in [0, 0.05) is 27.2 Å². The molecule has 142 valence electrons. The summed E-state index contributed by atoms with van der Waals surface area (Å²) >= 11 is 0. The molecule has 1 amide bonds. The van der Waals surface area contributed by atoms with Crippen LogP contribution in [0.15, 0.2) is 4.99 Å². The van der Waals surface area contributed by atoms with Gasteiger partial charge in [0.05, 0.1) is 12.0 Å². The summed E-state index contributed by atoms with van der Waals surface area (Å²) in [4.78, 5) is 21.2. The first-order chi connectivity index (χ1) is 10.9. The van der Waals surface area contributed by atoms with E-state index in [4.69, 9.17) is 4.99 Å². The van der Waals surface area contributed by atoms with Gasteiger partial charge in [0.25, 0.3) is 0 Å². The van der Waals surface area contributed by atoms with Crippen molar-refractivity contribution in [2.75, 3.05) is 54.4 Å². The van der Waals surface area contributed by atoms with Crippen LogP contribution in [0, 0.1) is 5.41 Å². The highest BCUT2D eigenvalue weighted by Crippen LogP contribution is 2.39. The second kappa shape index (κ2) is 11.9. The third kappa shape index (κ3) is 7.55. The van der Waals surface area contributed by atoms with E-state index >= 15 is 0 Å². The molecule has 1 rings (SSSR count). The van der Waals surface area contributed by atoms with Crippen molar-refractivity contribution in [2.45, 2.75) is 39.0 Å². The fraction of sp³-hybridized carbons (Fsp3) is 0.882. The molecule has 0 radical (unpaired) electrons. The number of halogens is 1. The van der Waals surface area contributed by atoms with Gasteiger partial charge in [-0.05, 0) is 46.8 Å². The smallest absolute Gasteiger partial charge is 0.230 e. The Morgan fingerprint density at radius 1 is 1.12 bits per heavy atom. The SMILES string of the molecule is CCNC(=NCC1(C(=O)N(C)C)CCCC1)NCCCN(C)C.I. The topological polar surface area (TPSA) is 60.0 Å². The Labute approximate surface area is 164 Å². The van der Waals surface area contributed by atoms with Crippen LogP contribution in [0.3, 0.4) is 0 Å². The Hall–Kier alpha value is -0.570. The van der Waals surface area contributed by atoms with E-state index in [1.54, 1.807) is 4.90 Å². The molecule has 0 aromatic rings. The van der Waals surface area contributed by atoms with Crippen LogP contribution in [0.25, 0.3) is 0 Å². The average Bonchev–Trinajstić information content (AvgIpc) is 2.98. The molecule has 0 atom stereocenters. The third-order valence-corrected chi connectivity index (χ3v) is 4.38. The normalized spacial score (nSPS) is 16.7. The molecule has 0 spiro atoms. The van der Waals surface area contributed by atoms with Crippen molar-refractivity contribution in [3.05, 3.63) is 0 Å². The molecule has 0 aromatic carbocycles. The number of nitrogens with zero attached hydrogens (tertiary/aromatic N) is 3. The number of carbonyl (C=O) groups excluding carboxylic acids is 1. The van der Waals surface area contributed by atoms with Crippen LogP contribution in [0.2, 0.25) is 0 Å². The lowest BCUT2D eigenvalue weighted by Crippen LogP contribution is -2.43. The molecule has 0 aliphatic heterocycles. The number of rotatable bonds is 8. The standard InChI is InChI=1S/C17H35N5O.HI/c1-6-18-16(19-12-9-13-21(2)3)20-14-17(10-7-8-11-17)15(23)22(4)5;/h6-14H2,1-5H3,(H2,18,19,20);1H. The second-order valence-electron chi connectivity index (χ2n) is 6.97. The Morgan fingerprint density at radius 3 is 2.25 bits per heavy atom. The first-order valence-electron chi connectivity index (χ1n) is 8.80. The van der Waals surface area contributed by atoms with Gasteiger partial charge in [-0.15, -0.1) is 24.0 Å². The highest BCUT2D eigenvalue weighted by Gasteiger charge is 2.41. The Morgan fingerprint density at radius 2 is 1.75 bits per heavy atom. The van der Waals surface area contributed by atoms with Gasteiger partial charge in [0.2, 0.25) is 5.91 Å². The van der Waals surface area contributed by atoms with E-state index in [0.29, 0.717) is 6.54 Å². The van der Waals surface area contributed by atoms with Crippen LogP contribution in [0.5, 0.6) is 0 Å². The zero-order valence-corrected chi connectivity index (χ0v) is 18.4. The number of aliphatic imine (C=N–C) groups is 1. The third-order valence-electron chi connectivity index (χ3n) is 4.38. The van der Waals surface area contributed by atoms with E-state index in [2.05, 4.69) is 36.6 Å². The Balaban J connectivity index is 0.00000529. The number of carbonyl (C=O) groups is 1. The maximum Gasteiger partial charge on any atom is 0.230 e. The van der Waals surface area contributed by atoms with Crippen molar-refractivity contribution in [2.24, 2.45) is 10.4 Å². The van der Waals surface area contributed by atoms with Gasteiger partial charge in [-0.25, -0.2) is 0 Å². The fourth-order valence-electron chi connectivity index (χ4n) is 3.14. The number of hydrogen-bond donors (Lipinski definition) is 2. The minimum absolute atomic E-state index is 0. The number of amides is 1. The monoisotopic (exact) mass is 453 g/mol. The highest BCUT2D eigenvalue weighted by atomic mass is 127. The lowest BCUT2D eigenvalue weighted by atomic mass is 9.85. The summed E-state index contributed by atoms with van der Waals surface area (Å²) in [6.07, 6.45) is 5.23. The molecule has 2 N–H and O–H groups in total. The summed E-state index contributed by atoms with van der Waals surface area (Å²) in [6.45, 7) is 5.41. The van der Waals surface area contributed by atoms with E-state index in [-0.39, 0.29) is 35.3 Å². The highest BCUT2D eigenvalue weighted by molar-refractivity contribution is 14.0. The Kier molecular flexibility index (Phi) is 11.6. The van der Waals surface area contributed by atoms with Gasteiger partial charge in [-0.1, -0.05) is 12.8 Å². The molecule has 1 saturated carbocycles. The van der Waals surface area contributed by atoms with E-state index in [1.807, 2.05) is 14.1 Å². The van der Waals surface area contributed by atoms with Gasteiger partial charge in [-0.3, -0.25) is 9.79 Å². The van der Waals surface area contributed by atoms with Crippen LogP contribution in [-0.4, -0.2) is 76.0 Å². The van der Waals surface area contributed by atoms with Crippen LogP contribution < -0.4 is 10.6 Å². The predicted molar refractivity (Wildman–Crippen MR) is 112 cm³/mol. The summed E-state index contributed by atoms with van der Waals surface area (Å²) in [5.41, 5.74) is -0.296. The van der Waals surface area contributed by atoms with Crippen molar-refractivity contribution in [1.29, 1.82) is 0 Å². The van der Waals surface area contributed by atoms with E-state index in [9.17, 15) is 4.79 Å². The summed E-state index contributed by atoms with van der Waals surface area (Å²) in [5.74, 6) is 1.05. The van der Waals surface area contributed by atoms with E-state index in [1.165, 1.54) is 0 Å². The van der Waals surface area contributed by atoms with Gasteiger partial charge in [-0.2, -0.15) is 0 Å². The summed E-state index contributed by atoms with van der Waals surface area (Å²) in [5, 5.41) is 6.65. The fourth-order valence-corrected chi connectivity index (χ4v) is 3.14. The van der Waals surface area contributed by atoms with Crippen molar-refractivity contribution in [1.82, 2.24) is 20.4 Å². The number of guanidine groups is 1. The molecule has 0 aromatic heterocycles. The van der Waals surface area contributed by atoms with Gasteiger partial charge >= 0.3 is 0 Å². The molecule has 0 heterocycles. The van der Waals surface area contributed by atoms with Crippen LogP contribution in [-0.2, 0) is 4.79 Å². The quantitative estimate of drug-likeness (QED) is 0.255. The largest absolute Gasteiger partial charge is 0.357 e. The first kappa shape index (κ1) is 23.4. The van der Waals surface area contributed by atoms with Crippen molar-refractivity contribution < 1.29 is 4.79 Å². The van der Waals surface area contributed by atoms with Gasteiger partial charge in [0.1, 0.15) is 0 Å². The van der Waals surface area contributed by atoms with Gasteiger partial charge in [0.15, 0.2) is 5.96 Å². The first-order valence-corrected chi connectivity index (χ1v) is 8.80. The van der Waals surface area contributed by atoms with Crippen molar-refractivity contribution >= 4 is 35.8 Å². The summed E-state index contributed by atoms with van der Waals surface area (Å²) < 4.78 is 0. The van der Waals surface area contributed by atoms with Crippen molar-refractivity contribution in [3.63, 3.8) is 0 Å². The molecular weight excluding hydrogens is 417 g/mol. The summed E-state index contributed by atoms with van der Waals surface area (Å²) in [6, 6.07) is 0. The summed E-state index contributed by atoms with van der Waals surface area (Å²) in [7, 11) is 7.85. The molecule has 0 bridgehead atoms. The maximum atomic E-state index is 12.6. The number of nitrogens with one attached hydrogen (secondary N) is 2. The molecular formula is C17H36IN5O. The van der Waals surface area contributed by atoms with E-state index in [0.717, 1.165) is 57.7 Å². The average molecular weight is 453 g/mol. The molecule has 1 fully saturated rings. The zero-order chi connectivity index (χ0) is 17.3. The minimum atomic E-state index is -0.296. The lowest BCUT2D eigenvalue weighted by molar-refractivity contribution is -0.138. The zero-order valence-electron chi connectivity index (χ0n) is 16.0. The molecule has 24 heavy (non-hydrogen) atoms. The Bertz CT molecular complexity index is 392. The lowest BCUT2D eigenvalue weighted by Gasteiger charge is -2.29. The molecule has 7 heteroatoms. The molecule has 1 aliphatic rings. The number of hydrogen-bond acceptors (Lipinski definition) is 3. The second-order valence-corrected chi connectivity index (χ2v) is 6.97. The van der Waals surface area contributed by atoms with Crippen LogP contribution in [0.1, 0.15) is 39.0 Å². The molecule has 1 aliphatic carbocycles. The van der Waals surface area contributed by atoms with Crippen LogP contribution in [0.4, 0.5) is 0 Å².